The number of hydrogen-bond donors (Lipinski definition) is 1. The van der Waals surface area contributed by atoms with Gasteiger partial charge in [-0.2, -0.15) is 0 Å². The number of ether oxygens (including phenoxy) is 1. The van der Waals surface area contributed by atoms with Gasteiger partial charge in [0, 0.05) is 61.7 Å². The van der Waals surface area contributed by atoms with Crippen LogP contribution in [0.25, 0.3) is 0 Å². The van der Waals surface area contributed by atoms with Crippen LogP contribution < -0.4 is 4.90 Å². The van der Waals surface area contributed by atoms with Gasteiger partial charge >= 0.3 is 5.97 Å². The number of fused-ring (bicyclic) bond motifs is 2. The number of carbonyl (C=O) groups is 2. The monoisotopic (exact) mass is 452 g/mol. The van der Waals surface area contributed by atoms with Crippen LogP contribution in [0.1, 0.15) is 50.4 Å². The van der Waals surface area contributed by atoms with Crippen molar-refractivity contribution in [1.82, 2.24) is 4.90 Å². The summed E-state index contributed by atoms with van der Waals surface area (Å²) >= 11 is 0. The maximum Gasteiger partial charge on any atom is 0.311 e. The molecule has 178 valence electrons. The number of allylic oxidation sites excluding steroid dienone is 1. The minimum Gasteiger partial charge on any atom is -0.461 e. The zero-order chi connectivity index (χ0) is 23.3. The van der Waals surface area contributed by atoms with Crippen LogP contribution in [-0.2, 0) is 9.53 Å². The van der Waals surface area contributed by atoms with Crippen LogP contribution in [0.15, 0.2) is 35.9 Å². The quantitative estimate of drug-likeness (QED) is 0.430. The van der Waals surface area contributed by atoms with E-state index in [9.17, 15) is 14.7 Å². The Labute approximate surface area is 196 Å². The number of benzene rings is 1. The van der Waals surface area contributed by atoms with Gasteiger partial charge in [0.15, 0.2) is 5.78 Å². The molecule has 33 heavy (non-hydrogen) atoms. The van der Waals surface area contributed by atoms with Gasteiger partial charge in [0.1, 0.15) is 6.10 Å². The lowest BCUT2D eigenvalue weighted by atomic mass is 9.55. The second-order valence-corrected chi connectivity index (χ2v) is 10.7. The second kappa shape index (κ2) is 8.55. The molecule has 1 aromatic carbocycles. The maximum absolute atomic E-state index is 12.9. The van der Waals surface area contributed by atoms with Crippen molar-refractivity contribution in [1.29, 1.82) is 0 Å². The molecule has 1 N–H and O–H groups in total. The van der Waals surface area contributed by atoms with Crippen molar-refractivity contribution >= 4 is 17.4 Å². The number of aliphatic hydroxyl groups is 1. The first kappa shape index (κ1) is 22.6. The number of ketones is 1. The summed E-state index contributed by atoms with van der Waals surface area (Å²) in [4.78, 5) is 29.1. The van der Waals surface area contributed by atoms with Crippen molar-refractivity contribution in [2.45, 2.75) is 52.2 Å². The second-order valence-electron chi connectivity index (χ2n) is 10.7. The molecule has 6 nitrogen and oxygen atoms in total. The molecule has 0 unspecified atom stereocenters. The highest BCUT2D eigenvalue weighted by molar-refractivity contribution is 5.94. The maximum atomic E-state index is 12.9. The van der Waals surface area contributed by atoms with Crippen molar-refractivity contribution in [2.75, 3.05) is 37.6 Å². The first-order valence-corrected chi connectivity index (χ1v) is 12.5. The zero-order valence-electron chi connectivity index (χ0n) is 20.0. The van der Waals surface area contributed by atoms with E-state index >= 15 is 0 Å². The number of carbonyl (C=O) groups excluding carboxylic acids is 2. The predicted molar refractivity (Wildman–Crippen MR) is 127 cm³/mol. The summed E-state index contributed by atoms with van der Waals surface area (Å²) in [6.45, 7) is 10.2. The fourth-order valence-corrected chi connectivity index (χ4v) is 6.65. The van der Waals surface area contributed by atoms with Gasteiger partial charge in [0.2, 0.25) is 0 Å². The van der Waals surface area contributed by atoms with Crippen LogP contribution in [0.4, 0.5) is 5.69 Å². The van der Waals surface area contributed by atoms with E-state index in [1.807, 2.05) is 24.3 Å². The van der Waals surface area contributed by atoms with Gasteiger partial charge in [-0.3, -0.25) is 14.5 Å². The number of Topliss-reactive ketones (excluding diaryl/α,β-unsaturated/α-hetero) is 1. The van der Waals surface area contributed by atoms with E-state index < -0.39 is 6.10 Å². The number of aliphatic hydroxyl groups excluding tert-OH is 1. The molecule has 3 fully saturated rings. The Bertz CT molecular complexity index is 949. The molecule has 2 aliphatic carbocycles. The third kappa shape index (κ3) is 3.81. The summed E-state index contributed by atoms with van der Waals surface area (Å²) in [5.74, 6) is -0.0436. The summed E-state index contributed by atoms with van der Waals surface area (Å²) in [7, 11) is 0. The summed E-state index contributed by atoms with van der Waals surface area (Å²) in [6, 6.07) is 7.80. The predicted octanol–water partition coefficient (Wildman–Crippen LogP) is 3.30. The number of piperazine rings is 1. The molecule has 6 heteroatoms. The Morgan fingerprint density at radius 1 is 1.18 bits per heavy atom. The number of rotatable bonds is 4. The van der Waals surface area contributed by atoms with Crippen LogP contribution in [-0.4, -0.2) is 66.7 Å². The molecule has 2 saturated heterocycles. The largest absolute Gasteiger partial charge is 0.461 e. The number of esters is 1. The summed E-state index contributed by atoms with van der Waals surface area (Å²) in [6.07, 6.45) is 4.45. The Morgan fingerprint density at radius 3 is 2.55 bits per heavy atom. The highest BCUT2D eigenvalue weighted by Crippen LogP contribution is 2.56. The Balaban J connectivity index is 1.25. The first-order valence-electron chi connectivity index (χ1n) is 12.5. The highest BCUT2D eigenvalue weighted by Gasteiger charge is 2.59. The van der Waals surface area contributed by atoms with Gasteiger partial charge in [-0.05, 0) is 49.9 Å². The minimum absolute atomic E-state index is 0.0807. The standard InChI is InChI=1S/C27H36N2O4/c1-17-5-4-6-20-15-23-24(25(31)27(17,20)3)22(26(32)33-23)16-28-11-13-29(14-12-28)21-9-7-19(8-10-21)18(2)30/h6-10,17,22-25,31H,4-5,11-16H2,1-3H3/t17-,22+,23+,24-,25+,27+/m0/s1. The normalized spacial score (nSPS) is 36.6. The number of nitrogens with zero attached hydrogens (tertiary/aromatic N) is 2. The van der Waals surface area contributed by atoms with Crippen molar-refractivity contribution in [3.05, 3.63) is 41.5 Å². The number of hydrogen-bond acceptors (Lipinski definition) is 6. The summed E-state index contributed by atoms with van der Waals surface area (Å²) < 4.78 is 5.84. The van der Waals surface area contributed by atoms with Crippen molar-refractivity contribution in [3.8, 4) is 0 Å². The van der Waals surface area contributed by atoms with E-state index in [1.54, 1.807) is 6.92 Å². The molecule has 1 saturated carbocycles. The van der Waals surface area contributed by atoms with Gasteiger partial charge in [-0.25, -0.2) is 0 Å². The van der Waals surface area contributed by atoms with E-state index in [0.717, 1.165) is 56.7 Å². The van der Waals surface area contributed by atoms with Crippen LogP contribution in [0.5, 0.6) is 0 Å². The lowest BCUT2D eigenvalue weighted by Gasteiger charge is -2.52. The molecule has 0 bridgehead atoms. The van der Waals surface area contributed by atoms with Crippen LogP contribution >= 0.6 is 0 Å². The van der Waals surface area contributed by atoms with Crippen LogP contribution in [0, 0.1) is 23.2 Å². The zero-order valence-corrected chi connectivity index (χ0v) is 20.0. The van der Waals surface area contributed by atoms with Gasteiger partial charge < -0.3 is 14.7 Å². The molecular formula is C27H36N2O4. The average Bonchev–Trinajstić information content (AvgIpc) is 3.11. The van der Waals surface area contributed by atoms with Gasteiger partial charge in [-0.15, -0.1) is 0 Å². The van der Waals surface area contributed by atoms with Gasteiger partial charge in [0.05, 0.1) is 12.0 Å². The van der Waals surface area contributed by atoms with E-state index in [2.05, 4.69) is 29.7 Å². The lowest BCUT2D eigenvalue weighted by Crippen LogP contribution is -2.55. The number of anilines is 1. The van der Waals surface area contributed by atoms with Crippen LogP contribution in [0.3, 0.4) is 0 Å². The molecule has 2 heterocycles. The Morgan fingerprint density at radius 2 is 1.88 bits per heavy atom. The Kier molecular flexibility index (Phi) is 5.86. The SMILES string of the molecule is CC(=O)c1ccc(N2CCN(C[C@H]3C(=O)O[C@@H]4CC5=CCC[C@H](C)[C@@]5(C)[C@H](O)[C@H]43)CC2)cc1. The third-order valence-corrected chi connectivity index (χ3v) is 9.04. The average molecular weight is 453 g/mol. The van der Waals surface area contributed by atoms with E-state index in [1.165, 1.54) is 5.57 Å². The van der Waals surface area contributed by atoms with E-state index in [-0.39, 0.29) is 35.1 Å². The lowest BCUT2D eigenvalue weighted by molar-refractivity contribution is -0.145. The van der Waals surface area contributed by atoms with Gasteiger partial charge in [-0.1, -0.05) is 25.5 Å². The van der Waals surface area contributed by atoms with E-state index in [0.29, 0.717) is 12.5 Å². The molecule has 1 aromatic rings. The highest BCUT2D eigenvalue weighted by atomic mass is 16.6. The fraction of sp³-hybridized carbons (Fsp3) is 0.630. The van der Waals surface area contributed by atoms with E-state index in [4.69, 9.17) is 4.74 Å². The van der Waals surface area contributed by atoms with Gasteiger partial charge in [0.25, 0.3) is 0 Å². The smallest absolute Gasteiger partial charge is 0.311 e. The summed E-state index contributed by atoms with van der Waals surface area (Å²) in [5.41, 5.74) is 2.89. The molecule has 4 aliphatic rings. The molecular weight excluding hydrogens is 416 g/mol. The first-order chi connectivity index (χ1) is 15.8. The molecule has 0 spiro atoms. The fourth-order valence-electron chi connectivity index (χ4n) is 6.65. The molecule has 0 radical (unpaired) electrons. The molecule has 2 aliphatic heterocycles. The topological polar surface area (TPSA) is 70.1 Å². The van der Waals surface area contributed by atoms with Crippen molar-refractivity contribution in [3.63, 3.8) is 0 Å². The minimum atomic E-state index is -0.546. The third-order valence-electron chi connectivity index (χ3n) is 9.04. The molecule has 0 aromatic heterocycles. The molecule has 0 amide bonds. The molecule has 6 atom stereocenters. The summed E-state index contributed by atoms with van der Waals surface area (Å²) in [5, 5.41) is 11.6. The Hall–Kier alpha value is -2.18. The van der Waals surface area contributed by atoms with Crippen LogP contribution in [0.2, 0.25) is 0 Å². The molecule has 5 rings (SSSR count). The van der Waals surface area contributed by atoms with Crippen molar-refractivity contribution < 1.29 is 19.4 Å². The van der Waals surface area contributed by atoms with Crippen molar-refractivity contribution in [2.24, 2.45) is 23.2 Å².